The average Bonchev–Trinajstić information content (AvgIpc) is 3.09. The van der Waals surface area contributed by atoms with E-state index in [4.69, 9.17) is 0 Å². The van der Waals surface area contributed by atoms with Crippen molar-refractivity contribution in [1.29, 1.82) is 0 Å². The summed E-state index contributed by atoms with van der Waals surface area (Å²) in [5.74, 6) is -0.488. The Kier molecular flexibility index (Phi) is 7.87. The molecule has 7 heteroatoms. The van der Waals surface area contributed by atoms with Gasteiger partial charge >= 0.3 is 6.03 Å². The topological polar surface area (TPSA) is 55.9 Å². The quantitative estimate of drug-likeness (QED) is 0.593. The van der Waals surface area contributed by atoms with Crippen molar-refractivity contribution in [1.82, 2.24) is 15.1 Å². The van der Waals surface area contributed by atoms with Crippen LogP contribution in [0.2, 0.25) is 0 Å². The molecule has 31 heavy (non-hydrogen) atoms. The van der Waals surface area contributed by atoms with Gasteiger partial charge in [0.05, 0.1) is 6.54 Å². The minimum absolute atomic E-state index is 0.0297. The van der Waals surface area contributed by atoms with Crippen LogP contribution >= 0.6 is 0 Å². The number of amides is 3. The largest absolute Gasteiger partial charge is 0.372 e. The predicted molar refractivity (Wildman–Crippen MR) is 120 cm³/mol. The van der Waals surface area contributed by atoms with Crippen molar-refractivity contribution in [2.24, 2.45) is 0 Å². The highest BCUT2D eigenvalue weighted by molar-refractivity contribution is 5.85. The van der Waals surface area contributed by atoms with Crippen molar-refractivity contribution in [3.8, 4) is 0 Å². The molecular formula is C24H31FN4O2. The molecule has 3 amide bonds. The van der Waals surface area contributed by atoms with Gasteiger partial charge in [-0.2, -0.15) is 0 Å². The summed E-state index contributed by atoms with van der Waals surface area (Å²) in [7, 11) is 0. The maximum absolute atomic E-state index is 13.8. The van der Waals surface area contributed by atoms with Gasteiger partial charge in [0.15, 0.2) is 0 Å². The van der Waals surface area contributed by atoms with Gasteiger partial charge in [-0.15, -0.1) is 0 Å². The summed E-state index contributed by atoms with van der Waals surface area (Å²) in [6.07, 6.45) is 0.820. The Hall–Kier alpha value is -3.09. The number of urea groups is 1. The molecule has 1 aliphatic rings. The molecular weight excluding hydrogens is 395 g/mol. The van der Waals surface area contributed by atoms with Gasteiger partial charge in [0.25, 0.3) is 0 Å². The molecule has 1 N–H and O–H groups in total. The van der Waals surface area contributed by atoms with Crippen molar-refractivity contribution in [2.45, 2.75) is 26.8 Å². The van der Waals surface area contributed by atoms with Gasteiger partial charge in [-0.25, -0.2) is 9.18 Å². The summed E-state index contributed by atoms with van der Waals surface area (Å²) < 4.78 is 13.8. The molecule has 0 aromatic heterocycles. The lowest BCUT2D eigenvalue weighted by atomic mass is 10.2. The first-order chi connectivity index (χ1) is 15.0. The molecule has 1 fully saturated rings. The number of halogens is 1. The zero-order valence-electron chi connectivity index (χ0n) is 18.3. The fourth-order valence-electron chi connectivity index (χ4n) is 3.78. The van der Waals surface area contributed by atoms with E-state index in [0.717, 1.165) is 19.5 Å². The fourth-order valence-corrected chi connectivity index (χ4v) is 3.78. The average molecular weight is 427 g/mol. The number of nitrogens with zero attached hydrogens (tertiary/aromatic N) is 3. The van der Waals surface area contributed by atoms with Crippen LogP contribution in [0.3, 0.4) is 0 Å². The van der Waals surface area contributed by atoms with Gasteiger partial charge in [0.2, 0.25) is 5.91 Å². The second kappa shape index (κ2) is 10.8. The van der Waals surface area contributed by atoms with E-state index in [-0.39, 0.29) is 30.8 Å². The van der Waals surface area contributed by atoms with Gasteiger partial charge in [-0.1, -0.05) is 30.3 Å². The molecule has 2 aromatic carbocycles. The Labute approximate surface area is 183 Å². The minimum Gasteiger partial charge on any atom is -0.372 e. The van der Waals surface area contributed by atoms with Crippen LogP contribution in [0, 0.1) is 12.7 Å². The van der Waals surface area contributed by atoms with E-state index in [2.05, 4.69) is 48.3 Å². The Morgan fingerprint density at radius 2 is 1.90 bits per heavy atom. The number of anilines is 1. The third kappa shape index (κ3) is 6.20. The second-order valence-corrected chi connectivity index (χ2v) is 7.84. The first-order valence-electron chi connectivity index (χ1n) is 10.8. The third-order valence-corrected chi connectivity index (χ3v) is 5.51. The summed E-state index contributed by atoms with van der Waals surface area (Å²) in [5, 5.41) is 2.91. The first kappa shape index (κ1) is 22.6. The highest BCUT2D eigenvalue weighted by Gasteiger charge is 2.30. The Bertz CT molecular complexity index is 905. The lowest BCUT2D eigenvalue weighted by Crippen LogP contribution is -2.40. The fraction of sp³-hybridized carbons (Fsp3) is 0.417. The molecule has 1 saturated heterocycles. The highest BCUT2D eigenvalue weighted by atomic mass is 19.1. The summed E-state index contributed by atoms with van der Waals surface area (Å²) in [6.45, 7) is 7.71. The predicted octanol–water partition coefficient (Wildman–Crippen LogP) is 3.40. The number of hydrogen-bond donors (Lipinski definition) is 1. The summed E-state index contributed by atoms with van der Waals surface area (Å²) in [6, 6.07) is 14.6. The highest BCUT2D eigenvalue weighted by Crippen LogP contribution is 2.16. The van der Waals surface area contributed by atoms with Crippen LogP contribution in [0.5, 0.6) is 0 Å². The molecule has 0 unspecified atom stereocenters. The van der Waals surface area contributed by atoms with Gasteiger partial charge < -0.3 is 20.0 Å². The van der Waals surface area contributed by atoms with Gasteiger partial charge in [0, 0.05) is 44.0 Å². The van der Waals surface area contributed by atoms with E-state index in [1.54, 1.807) is 23.1 Å². The zero-order chi connectivity index (χ0) is 22.2. The summed E-state index contributed by atoms with van der Waals surface area (Å²) >= 11 is 0. The van der Waals surface area contributed by atoms with Crippen molar-refractivity contribution >= 4 is 17.6 Å². The number of aryl methyl sites for hydroxylation is 1. The number of hydrogen-bond acceptors (Lipinski definition) is 3. The number of carbonyl (C=O) groups excluding carboxylic acids is 2. The van der Waals surface area contributed by atoms with Crippen LogP contribution in [-0.2, 0) is 11.3 Å². The molecule has 0 atom stereocenters. The van der Waals surface area contributed by atoms with E-state index >= 15 is 0 Å². The standard InChI is InChI=1S/C24H31FN4O2/c1-3-27(21-10-6-8-19(2)16-21)13-7-12-26-23(30)18-29-15-14-28(24(29)31)17-20-9-4-5-11-22(20)25/h4-6,8-11,16H,3,7,12-15,17-18H2,1-2H3,(H,26,30). The van der Waals surface area contributed by atoms with Gasteiger partial charge in [-0.05, 0) is 44.0 Å². The van der Waals surface area contributed by atoms with Crippen LogP contribution < -0.4 is 10.2 Å². The van der Waals surface area contributed by atoms with E-state index < -0.39 is 0 Å². The summed E-state index contributed by atoms with van der Waals surface area (Å²) in [5.41, 5.74) is 2.89. The number of carbonyl (C=O) groups is 2. The molecule has 1 heterocycles. The Balaban J connectivity index is 1.40. The molecule has 2 aromatic rings. The Morgan fingerprint density at radius 1 is 1.13 bits per heavy atom. The summed E-state index contributed by atoms with van der Waals surface area (Å²) in [4.78, 5) is 30.2. The SMILES string of the molecule is CCN(CCCNC(=O)CN1CCN(Cc2ccccc2F)C1=O)c1cccc(C)c1. The van der Waals surface area contributed by atoms with Gasteiger partial charge in [0.1, 0.15) is 12.4 Å². The molecule has 166 valence electrons. The maximum atomic E-state index is 13.8. The first-order valence-corrected chi connectivity index (χ1v) is 10.8. The Morgan fingerprint density at radius 3 is 2.65 bits per heavy atom. The van der Waals surface area contributed by atoms with E-state index in [1.165, 1.54) is 22.2 Å². The molecule has 6 nitrogen and oxygen atoms in total. The molecule has 0 saturated carbocycles. The van der Waals surface area contributed by atoms with Gasteiger partial charge in [-0.3, -0.25) is 4.79 Å². The van der Waals surface area contributed by atoms with Crippen LogP contribution in [-0.4, -0.2) is 61.0 Å². The van der Waals surface area contributed by atoms with Crippen molar-refractivity contribution in [2.75, 3.05) is 44.2 Å². The molecule has 0 spiro atoms. The number of rotatable bonds is 10. The zero-order valence-corrected chi connectivity index (χ0v) is 18.3. The monoisotopic (exact) mass is 426 g/mol. The second-order valence-electron chi connectivity index (χ2n) is 7.84. The number of benzene rings is 2. The number of nitrogens with one attached hydrogen (secondary N) is 1. The molecule has 3 rings (SSSR count). The van der Waals surface area contributed by atoms with E-state index in [0.29, 0.717) is 25.2 Å². The smallest absolute Gasteiger partial charge is 0.320 e. The van der Waals surface area contributed by atoms with Crippen LogP contribution in [0.25, 0.3) is 0 Å². The van der Waals surface area contributed by atoms with Crippen LogP contribution in [0.4, 0.5) is 14.9 Å². The molecule has 0 radical (unpaired) electrons. The maximum Gasteiger partial charge on any atom is 0.320 e. The molecule has 0 aliphatic carbocycles. The minimum atomic E-state index is -0.321. The molecule has 1 aliphatic heterocycles. The molecule has 0 bridgehead atoms. The lowest BCUT2D eigenvalue weighted by Gasteiger charge is -2.23. The normalized spacial score (nSPS) is 13.6. The third-order valence-electron chi connectivity index (χ3n) is 5.51. The van der Waals surface area contributed by atoms with Crippen LogP contribution in [0.1, 0.15) is 24.5 Å². The van der Waals surface area contributed by atoms with E-state index in [9.17, 15) is 14.0 Å². The van der Waals surface area contributed by atoms with Crippen molar-refractivity contribution < 1.29 is 14.0 Å². The van der Waals surface area contributed by atoms with Crippen LogP contribution in [0.15, 0.2) is 48.5 Å². The lowest BCUT2D eigenvalue weighted by molar-refractivity contribution is -0.121. The van der Waals surface area contributed by atoms with Crippen molar-refractivity contribution in [3.63, 3.8) is 0 Å². The van der Waals surface area contributed by atoms with E-state index in [1.807, 2.05) is 0 Å². The van der Waals surface area contributed by atoms with Crippen molar-refractivity contribution in [3.05, 3.63) is 65.5 Å².